The van der Waals surface area contributed by atoms with Crippen LogP contribution in [0.1, 0.15) is 51.9 Å². The van der Waals surface area contributed by atoms with E-state index in [-0.39, 0.29) is 43.8 Å². The first kappa shape index (κ1) is 24.1. The monoisotopic (exact) mass is 374 g/mol. The maximum absolute atomic E-state index is 11.9. The molecule has 0 aliphatic rings. The van der Waals surface area contributed by atoms with Crippen molar-refractivity contribution in [2.75, 3.05) is 33.5 Å². The predicted octanol–water partition coefficient (Wildman–Crippen LogP) is 2.41. The lowest BCUT2D eigenvalue weighted by Crippen LogP contribution is -2.16. The Morgan fingerprint density at radius 2 is 1.62 bits per heavy atom. The SMILES string of the molecule is CCCCCCOCCOC(=O)CC(CCOC)=C(CC(=O)O)C(=O)O. The van der Waals surface area contributed by atoms with Crippen LogP contribution in [0.3, 0.4) is 0 Å². The van der Waals surface area contributed by atoms with Crippen molar-refractivity contribution >= 4 is 17.9 Å². The Morgan fingerprint density at radius 3 is 2.19 bits per heavy atom. The Balaban J connectivity index is 4.46. The molecular formula is C18H30O8. The van der Waals surface area contributed by atoms with Gasteiger partial charge in [-0.3, -0.25) is 9.59 Å². The number of hydrogen-bond acceptors (Lipinski definition) is 6. The zero-order chi connectivity index (χ0) is 19.8. The largest absolute Gasteiger partial charge is 0.481 e. The molecule has 0 aromatic carbocycles. The fraction of sp³-hybridized carbons (Fsp3) is 0.722. The van der Waals surface area contributed by atoms with Gasteiger partial charge in [-0.05, 0) is 18.4 Å². The minimum atomic E-state index is -1.36. The van der Waals surface area contributed by atoms with Crippen LogP contribution in [-0.2, 0) is 28.6 Å². The molecule has 150 valence electrons. The van der Waals surface area contributed by atoms with Crippen LogP contribution in [0.2, 0.25) is 0 Å². The molecule has 0 spiro atoms. The predicted molar refractivity (Wildman–Crippen MR) is 93.9 cm³/mol. The second-order valence-corrected chi connectivity index (χ2v) is 5.77. The summed E-state index contributed by atoms with van der Waals surface area (Å²) in [4.78, 5) is 34.1. The lowest BCUT2D eigenvalue weighted by atomic mass is 9.99. The van der Waals surface area contributed by atoms with Gasteiger partial charge in [-0.1, -0.05) is 26.2 Å². The van der Waals surface area contributed by atoms with Crippen molar-refractivity contribution in [1.82, 2.24) is 0 Å². The zero-order valence-electron chi connectivity index (χ0n) is 15.6. The molecule has 8 heteroatoms. The van der Waals surface area contributed by atoms with Crippen LogP contribution in [0.15, 0.2) is 11.1 Å². The Hall–Kier alpha value is -1.93. The summed E-state index contributed by atoms with van der Waals surface area (Å²) < 4.78 is 15.3. The summed E-state index contributed by atoms with van der Waals surface area (Å²) in [5, 5.41) is 18.1. The molecule has 0 saturated carbocycles. The van der Waals surface area contributed by atoms with Gasteiger partial charge in [0, 0.05) is 25.9 Å². The van der Waals surface area contributed by atoms with Crippen molar-refractivity contribution in [3.8, 4) is 0 Å². The molecule has 0 aliphatic heterocycles. The van der Waals surface area contributed by atoms with Gasteiger partial charge in [0.25, 0.3) is 0 Å². The Morgan fingerprint density at radius 1 is 0.885 bits per heavy atom. The molecule has 0 aromatic rings. The molecule has 0 aliphatic carbocycles. The average Bonchev–Trinajstić information content (AvgIpc) is 2.58. The molecule has 8 nitrogen and oxygen atoms in total. The van der Waals surface area contributed by atoms with Crippen LogP contribution >= 0.6 is 0 Å². The van der Waals surface area contributed by atoms with Gasteiger partial charge in [0.15, 0.2) is 0 Å². The maximum atomic E-state index is 11.9. The third kappa shape index (κ3) is 12.4. The minimum Gasteiger partial charge on any atom is -0.481 e. The molecule has 0 amide bonds. The number of ether oxygens (including phenoxy) is 3. The van der Waals surface area contributed by atoms with E-state index in [1.54, 1.807) is 0 Å². The van der Waals surface area contributed by atoms with Crippen molar-refractivity contribution < 1.29 is 38.8 Å². The van der Waals surface area contributed by atoms with E-state index in [0.717, 1.165) is 25.7 Å². The molecule has 0 unspecified atom stereocenters. The molecule has 0 aromatic heterocycles. The summed E-state index contributed by atoms with van der Waals surface area (Å²) in [5.74, 6) is -3.25. The Kier molecular flexibility index (Phi) is 14.2. The molecule has 26 heavy (non-hydrogen) atoms. The third-order valence-corrected chi connectivity index (χ3v) is 3.61. The van der Waals surface area contributed by atoms with E-state index in [9.17, 15) is 19.5 Å². The number of carbonyl (C=O) groups is 3. The average molecular weight is 374 g/mol. The normalized spacial score (nSPS) is 11.8. The fourth-order valence-corrected chi connectivity index (χ4v) is 2.25. The second-order valence-electron chi connectivity index (χ2n) is 5.77. The third-order valence-electron chi connectivity index (χ3n) is 3.61. The van der Waals surface area contributed by atoms with E-state index < -0.39 is 24.3 Å². The van der Waals surface area contributed by atoms with Crippen LogP contribution in [0, 0.1) is 0 Å². The van der Waals surface area contributed by atoms with E-state index in [2.05, 4.69) is 6.92 Å². The van der Waals surface area contributed by atoms with E-state index >= 15 is 0 Å². The van der Waals surface area contributed by atoms with Crippen molar-refractivity contribution in [3.63, 3.8) is 0 Å². The zero-order valence-corrected chi connectivity index (χ0v) is 15.6. The topological polar surface area (TPSA) is 119 Å². The number of carboxylic acid groups (broad SMARTS) is 2. The fourth-order valence-electron chi connectivity index (χ4n) is 2.25. The number of carboxylic acids is 2. The molecule has 0 heterocycles. The molecule has 0 fully saturated rings. The van der Waals surface area contributed by atoms with Gasteiger partial charge in [-0.25, -0.2) is 4.79 Å². The highest BCUT2D eigenvalue weighted by atomic mass is 16.6. The van der Waals surface area contributed by atoms with Crippen LogP contribution < -0.4 is 0 Å². The first-order valence-corrected chi connectivity index (χ1v) is 8.80. The van der Waals surface area contributed by atoms with Gasteiger partial charge in [0.05, 0.1) is 19.4 Å². The molecule has 0 atom stereocenters. The van der Waals surface area contributed by atoms with Crippen LogP contribution in [0.4, 0.5) is 0 Å². The molecule has 0 rings (SSSR count). The van der Waals surface area contributed by atoms with Gasteiger partial charge >= 0.3 is 17.9 Å². The number of unbranched alkanes of at least 4 members (excludes halogenated alkanes) is 3. The van der Waals surface area contributed by atoms with Crippen LogP contribution in [0.25, 0.3) is 0 Å². The number of carbonyl (C=O) groups excluding carboxylic acids is 1. The van der Waals surface area contributed by atoms with E-state index in [4.69, 9.17) is 19.3 Å². The number of esters is 1. The van der Waals surface area contributed by atoms with Crippen molar-refractivity contribution in [2.24, 2.45) is 0 Å². The first-order chi connectivity index (χ1) is 12.4. The van der Waals surface area contributed by atoms with Crippen LogP contribution in [-0.4, -0.2) is 61.7 Å². The summed E-state index contributed by atoms with van der Waals surface area (Å²) in [6.45, 7) is 3.27. The summed E-state index contributed by atoms with van der Waals surface area (Å²) in [6.07, 6.45) is 3.58. The highest BCUT2D eigenvalue weighted by Crippen LogP contribution is 2.18. The highest BCUT2D eigenvalue weighted by molar-refractivity contribution is 5.93. The summed E-state index contributed by atoms with van der Waals surface area (Å²) in [6, 6.07) is 0. The van der Waals surface area contributed by atoms with Gasteiger partial charge in [0.1, 0.15) is 6.61 Å². The smallest absolute Gasteiger partial charge is 0.332 e. The Bertz CT molecular complexity index is 470. The molecule has 0 radical (unpaired) electrons. The van der Waals surface area contributed by atoms with Gasteiger partial charge < -0.3 is 24.4 Å². The number of hydrogen-bond donors (Lipinski definition) is 2. The molecule has 0 bridgehead atoms. The number of methoxy groups -OCH3 is 1. The van der Waals surface area contributed by atoms with Crippen LogP contribution in [0.5, 0.6) is 0 Å². The summed E-state index contributed by atoms with van der Waals surface area (Å²) in [7, 11) is 1.44. The second kappa shape index (κ2) is 15.3. The van der Waals surface area contributed by atoms with Gasteiger partial charge in [-0.15, -0.1) is 0 Å². The molecular weight excluding hydrogens is 344 g/mol. The van der Waals surface area contributed by atoms with Crippen molar-refractivity contribution in [3.05, 3.63) is 11.1 Å². The summed E-state index contributed by atoms with van der Waals surface area (Å²) >= 11 is 0. The van der Waals surface area contributed by atoms with Crippen molar-refractivity contribution in [1.29, 1.82) is 0 Å². The lowest BCUT2D eigenvalue weighted by molar-refractivity contribution is -0.144. The van der Waals surface area contributed by atoms with E-state index in [1.165, 1.54) is 7.11 Å². The Labute approximate surface area is 154 Å². The first-order valence-electron chi connectivity index (χ1n) is 8.80. The lowest BCUT2D eigenvalue weighted by Gasteiger charge is -2.12. The maximum Gasteiger partial charge on any atom is 0.332 e. The van der Waals surface area contributed by atoms with Gasteiger partial charge in [0.2, 0.25) is 0 Å². The molecule has 0 saturated heterocycles. The minimum absolute atomic E-state index is 0.0749. The van der Waals surface area contributed by atoms with Crippen molar-refractivity contribution in [2.45, 2.75) is 51.9 Å². The number of rotatable bonds is 16. The summed E-state index contributed by atoms with van der Waals surface area (Å²) in [5.41, 5.74) is -0.106. The van der Waals surface area contributed by atoms with Gasteiger partial charge in [-0.2, -0.15) is 0 Å². The van der Waals surface area contributed by atoms with E-state index in [0.29, 0.717) is 6.61 Å². The quantitative estimate of drug-likeness (QED) is 0.240. The molecule has 2 N–H and O–H groups in total. The van der Waals surface area contributed by atoms with E-state index in [1.807, 2.05) is 0 Å². The number of aliphatic carboxylic acids is 2. The standard InChI is InChI=1S/C18H30O8/c1-3-4-5-6-8-25-10-11-26-17(21)12-14(7-9-24-2)15(18(22)23)13-16(19)20/h3-13H2,1-2H3,(H,19,20)(H,22,23). The highest BCUT2D eigenvalue weighted by Gasteiger charge is 2.20.